The van der Waals surface area contributed by atoms with Gasteiger partial charge in [0, 0.05) is 34.9 Å². The van der Waals surface area contributed by atoms with Crippen LogP contribution in [0.3, 0.4) is 0 Å². The number of hydrogen-bond donors (Lipinski definition) is 2. The largest absolute Gasteiger partial charge is 0.481 e. The first-order valence-corrected chi connectivity index (χ1v) is 13.0. The van der Waals surface area contributed by atoms with Gasteiger partial charge >= 0.3 is 0 Å². The molecule has 1 aliphatic rings. The Balaban J connectivity index is 1.57. The number of H-pyrrole nitrogens is 1. The molecular weight excluding hydrogens is 476 g/mol. The van der Waals surface area contributed by atoms with Crippen molar-refractivity contribution in [3.05, 3.63) is 45.9 Å². The SMILES string of the molecule is CCN(c1cc(Cl)cc(C(=O)NCc2c(OC)nc(C)c3[nH]cnc23)c1C)C1CCC(N(C)C)CC1. The van der Waals surface area contributed by atoms with Gasteiger partial charge in [0.1, 0.15) is 5.52 Å². The summed E-state index contributed by atoms with van der Waals surface area (Å²) in [5.74, 6) is 0.274. The number of ether oxygens (including phenoxy) is 1. The van der Waals surface area contributed by atoms with Crippen LogP contribution < -0.4 is 15.0 Å². The van der Waals surface area contributed by atoms with Crippen molar-refractivity contribution < 1.29 is 9.53 Å². The van der Waals surface area contributed by atoms with Crippen molar-refractivity contribution in [1.29, 1.82) is 0 Å². The number of aromatic nitrogens is 3. The summed E-state index contributed by atoms with van der Waals surface area (Å²) in [6, 6.07) is 4.82. The van der Waals surface area contributed by atoms with Crippen molar-refractivity contribution in [2.45, 2.75) is 65.1 Å². The van der Waals surface area contributed by atoms with Crippen molar-refractivity contribution in [3.63, 3.8) is 0 Å². The standard InChI is InChI=1S/C27H37ClN6O2/c1-7-34(20-10-8-19(9-11-20)33(4)5)23-13-18(28)12-21(16(23)2)26(35)29-14-22-25-24(30-15-31-25)17(3)32-27(22)36-6/h12-13,15,19-20H,7-11,14H2,1-6H3,(H,29,35)(H,30,31). The molecule has 1 aromatic carbocycles. The Morgan fingerprint density at radius 1 is 1.19 bits per heavy atom. The summed E-state index contributed by atoms with van der Waals surface area (Å²) in [5, 5.41) is 3.61. The molecule has 36 heavy (non-hydrogen) atoms. The molecule has 2 heterocycles. The van der Waals surface area contributed by atoms with Crippen LogP contribution in [0.2, 0.25) is 5.02 Å². The van der Waals surface area contributed by atoms with Crippen LogP contribution in [0, 0.1) is 13.8 Å². The van der Waals surface area contributed by atoms with E-state index in [-0.39, 0.29) is 12.5 Å². The molecule has 4 rings (SSSR count). The molecule has 0 unspecified atom stereocenters. The summed E-state index contributed by atoms with van der Waals surface area (Å²) in [6.07, 6.45) is 6.24. The van der Waals surface area contributed by atoms with Crippen LogP contribution >= 0.6 is 11.6 Å². The average molecular weight is 513 g/mol. The van der Waals surface area contributed by atoms with Crippen LogP contribution in [-0.2, 0) is 6.54 Å². The second-order valence-corrected chi connectivity index (χ2v) is 10.2. The third kappa shape index (κ3) is 5.15. The summed E-state index contributed by atoms with van der Waals surface area (Å²) >= 11 is 6.56. The summed E-state index contributed by atoms with van der Waals surface area (Å²) < 4.78 is 5.49. The molecule has 1 amide bonds. The highest BCUT2D eigenvalue weighted by Crippen LogP contribution is 2.34. The molecule has 9 heteroatoms. The number of carbonyl (C=O) groups is 1. The molecule has 2 aromatic heterocycles. The van der Waals surface area contributed by atoms with Gasteiger partial charge in [0.05, 0.1) is 36.8 Å². The van der Waals surface area contributed by atoms with E-state index in [0.717, 1.165) is 52.9 Å². The fourth-order valence-electron chi connectivity index (χ4n) is 5.48. The Morgan fingerprint density at radius 3 is 2.53 bits per heavy atom. The van der Waals surface area contributed by atoms with Gasteiger partial charge in [0.15, 0.2) is 0 Å². The van der Waals surface area contributed by atoms with Crippen LogP contribution in [-0.4, -0.2) is 65.6 Å². The number of halogens is 1. The number of aromatic amines is 1. The summed E-state index contributed by atoms with van der Waals surface area (Å²) in [4.78, 5) is 30.2. The van der Waals surface area contributed by atoms with Crippen LogP contribution in [0.1, 0.15) is 59.8 Å². The Kier molecular flexibility index (Phi) is 8.05. The number of imidazole rings is 1. The van der Waals surface area contributed by atoms with Gasteiger partial charge in [-0.2, -0.15) is 0 Å². The number of carbonyl (C=O) groups excluding carboxylic acids is 1. The summed E-state index contributed by atoms with van der Waals surface area (Å²) in [6.45, 7) is 7.18. The van der Waals surface area contributed by atoms with Crippen molar-refractivity contribution in [2.75, 3.05) is 32.6 Å². The monoisotopic (exact) mass is 512 g/mol. The van der Waals surface area contributed by atoms with Gasteiger partial charge in [0.25, 0.3) is 5.91 Å². The lowest BCUT2D eigenvalue weighted by Crippen LogP contribution is -2.42. The highest BCUT2D eigenvalue weighted by molar-refractivity contribution is 6.31. The van der Waals surface area contributed by atoms with E-state index in [1.54, 1.807) is 19.5 Å². The molecule has 0 spiro atoms. The van der Waals surface area contributed by atoms with E-state index >= 15 is 0 Å². The van der Waals surface area contributed by atoms with Crippen molar-refractivity contribution >= 4 is 34.2 Å². The predicted molar refractivity (Wildman–Crippen MR) is 145 cm³/mol. The van der Waals surface area contributed by atoms with Gasteiger partial charge in [-0.25, -0.2) is 9.97 Å². The fraction of sp³-hybridized carbons (Fsp3) is 0.519. The van der Waals surface area contributed by atoms with E-state index in [9.17, 15) is 4.79 Å². The van der Waals surface area contributed by atoms with Gasteiger partial charge in [-0.3, -0.25) is 4.79 Å². The lowest BCUT2D eigenvalue weighted by molar-refractivity contribution is 0.0950. The van der Waals surface area contributed by atoms with Crippen LogP contribution in [0.15, 0.2) is 18.5 Å². The quantitative estimate of drug-likeness (QED) is 0.448. The molecule has 0 bridgehead atoms. The normalized spacial score (nSPS) is 18.0. The number of nitrogens with zero attached hydrogens (tertiary/aromatic N) is 4. The number of methoxy groups -OCH3 is 1. The molecule has 8 nitrogen and oxygen atoms in total. The first-order chi connectivity index (χ1) is 17.2. The molecule has 1 fully saturated rings. The van der Waals surface area contributed by atoms with E-state index in [2.05, 4.69) is 51.1 Å². The smallest absolute Gasteiger partial charge is 0.251 e. The lowest BCUT2D eigenvalue weighted by Gasteiger charge is -2.40. The zero-order chi connectivity index (χ0) is 26.0. The zero-order valence-electron chi connectivity index (χ0n) is 22.1. The van der Waals surface area contributed by atoms with E-state index in [1.165, 1.54) is 12.8 Å². The van der Waals surface area contributed by atoms with Crippen molar-refractivity contribution in [2.24, 2.45) is 0 Å². The number of pyridine rings is 1. The highest BCUT2D eigenvalue weighted by atomic mass is 35.5. The fourth-order valence-corrected chi connectivity index (χ4v) is 5.69. The Hall–Kier alpha value is -2.84. The number of aryl methyl sites for hydroxylation is 1. The molecule has 194 valence electrons. The molecule has 0 aliphatic heterocycles. The Labute approximate surface area is 218 Å². The van der Waals surface area contributed by atoms with E-state index in [0.29, 0.717) is 28.5 Å². The minimum atomic E-state index is -0.185. The Morgan fingerprint density at radius 2 is 1.89 bits per heavy atom. The van der Waals surface area contributed by atoms with Crippen LogP contribution in [0.5, 0.6) is 5.88 Å². The maximum Gasteiger partial charge on any atom is 0.251 e. The molecule has 2 N–H and O–H groups in total. The first-order valence-electron chi connectivity index (χ1n) is 12.6. The second-order valence-electron chi connectivity index (χ2n) is 9.80. The highest BCUT2D eigenvalue weighted by Gasteiger charge is 2.28. The van der Waals surface area contributed by atoms with Gasteiger partial charge in [-0.05, 0) is 78.2 Å². The predicted octanol–water partition coefficient (Wildman–Crippen LogP) is 4.87. The number of benzene rings is 1. The summed E-state index contributed by atoms with van der Waals surface area (Å²) in [5.41, 5.74) is 5.66. The van der Waals surface area contributed by atoms with E-state index in [1.807, 2.05) is 19.9 Å². The zero-order valence-corrected chi connectivity index (χ0v) is 22.9. The van der Waals surface area contributed by atoms with Crippen LogP contribution in [0.4, 0.5) is 5.69 Å². The van der Waals surface area contributed by atoms with Gasteiger partial charge in [0.2, 0.25) is 5.88 Å². The van der Waals surface area contributed by atoms with Crippen molar-refractivity contribution in [1.82, 2.24) is 25.2 Å². The second kappa shape index (κ2) is 11.0. The van der Waals surface area contributed by atoms with Crippen molar-refractivity contribution in [3.8, 4) is 5.88 Å². The molecule has 1 aliphatic carbocycles. The van der Waals surface area contributed by atoms with Gasteiger partial charge in [-0.15, -0.1) is 0 Å². The van der Waals surface area contributed by atoms with Gasteiger partial charge in [-0.1, -0.05) is 11.6 Å². The van der Waals surface area contributed by atoms with E-state index in [4.69, 9.17) is 16.3 Å². The molecule has 3 aromatic rings. The molecule has 0 radical (unpaired) electrons. The number of hydrogen-bond acceptors (Lipinski definition) is 6. The molecular formula is C27H37ClN6O2. The molecule has 1 saturated carbocycles. The van der Waals surface area contributed by atoms with Gasteiger partial charge < -0.3 is 24.8 Å². The topological polar surface area (TPSA) is 86.4 Å². The number of fused-ring (bicyclic) bond motifs is 1. The lowest BCUT2D eigenvalue weighted by atomic mass is 9.89. The minimum Gasteiger partial charge on any atom is -0.481 e. The van der Waals surface area contributed by atoms with E-state index < -0.39 is 0 Å². The Bertz CT molecular complexity index is 1230. The maximum atomic E-state index is 13.4. The number of anilines is 1. The molecule has 0 saturated heterocycles. The average Bonchev–Trinajstić information content (AvgIpc) is 3.36. The number of rotatable bonds is 8. The number of amides is 1. The third-order valence-electron chi connectivity index (χ3n) is 7.51. The minimum absolute atomic E-state index is 0.185. The third-order valence-corrected chi connectivity index (χ3v) is 7.73. The summed E-state index contributed by atoms with van der Waals surface area (Å²) in [7, 11) is 5.90. The first kappa shape index (κ1) is 26.2. The number of nitrogens with one attached hydrogen (secondary N) is 2. The van der Waals surface area contributed by atoms with Crippen LogP contribution in [0.25, 0.3) is 11.0 Å². The molecule has 0 atom stereocenters. The maximum absolute atomic E-state index is 13.4.